The summed E-state index contributed by atoms with van der Waals surface area (Å²) in [6, 6.07) is 0. The van der Waals surface area contributed by atoms with Crippen LogP contribution in [0.3, 0.4) is 0 Å². The Morgan fingerprint density at radius 3 is 2.39 bits per heavy atom. The molecule has 0 radical (unpaired) electrons. The third-order valence-corrected chi connectivity index (χ3v) is 3.72. The Bertz CT molecular complexity index is 496. The molecule has 0 bridgehead atoms. The van der Waals surface area contributed by atoms with Gasteiger partial charge >= 0.3 is 4.87 Å². The van der Waals surface area contributed by atoms with E-state index in [1.807, 2.05) is 13.8 Å². The molecule has 1 heterocycles. The number of carbonyl (C=O) groups is 1. The third-order valence-electron chi connectivity index (χ3n) is 2.72. The second-order valence-corrected chi connectivity index (χ2v) is 6.32. The number of carbonyl (C=O) groups excluding carboxylic acids is 1. The van der Waals surface area contributed by atoms with Gasteiger partial charge in [0, 0.05) is 24.2 Å². The van der Waals surface area contributed by atoms with Crippen LogP contribution in [-0.4, -0.2) is 39.7 Å². The summed E-state index contributed by atoms with van der Waals surface area (Å²) in [7, 11) is 1.62. The number of aromatic nitrogens is 1. The van der Waals surface area contributed by atoms with Crippen LogP contribution in [0.25, 0.3) is 0 Å². The Balaban J connectivity index is 2.79. The maximum Gasteiger partial charge on any atom is 0.308 e. The predicted molar refractivity (Wildman–Crippen MR) is 72.0 cm³/mol. The molecule has 0 aliphatic rings. The van der Waals surface area contributed by atoms with Gasteiger partial charge in [-0.25, -0.2) is 0 Å². The molecule has 0 aliphatic carbocycles. The minimum absolute atomic E-state index is 0.0294. The molecule has 0 unspecified atom stereocenters. The Labute approximate surface area is 111 Å². The first kappa shape index (κ1) is 14.9. The molecule has 1 N–H and O–H groups in total. The smallest absolute Gasteiger partial charge is 0.308 e. The molecule has 5 nitrogen and oxygen atoms in total. The van der Waals surface area contributed by atoms with Crippen LogP contribution >= 0.6 is 11.3 Å². The topological polar surface area (TPSA) is 62.5 Å². The van der Waals surface area contributed by atoms with E-state index in [1.165, 1.54) is 9.47 Å². The molecular weight excluding hydrogens is 252 g/mol. The van der Waals surface area contributed by atoms with Gasteiger partial charge in [-0.15, -0.1) is 0 Å². The normalized spacial score (nSPS) is 11.7. The van der Waals surface area contributed by atoms with Gasteiger partial charge in [0.25, 0.3) is 0 Å². The summed E-state index contributed by atoms with van der Waals surface area (Å²) in [6.07, 6.45) is 0. The number of aryl methyl sites for hydroxylation is 1. The van der Waals surface area contributed by atoms with Gasteiger partial charge in [0.15, 0.2) is 0 Å². The molecule has 0 fully saturated rings. The monoisotopic (exact) mass is 272 g/mol. The number of nitrogens with zero attached hydrogens (tertiary/aromatic N) is 2. The van der Waals surface area contributed by atoms with Crippen molar-refractivity contribution in [2.24, 2.45) is 0 Å². The first-order chi connectivity index (χ1) is 8.11. The molecule has 1 aromatic heterocycles. The summed E-state index contributed by atoms with van der Waals surface area (Å²) in [4.78, 5) is 25.9. The third kappa shape index (κ3) is 3.68. The minimum atomic E-state index is -0.936. The Kier molecular flexibility index (Phi) is 4.34. The highest BCUT2D eigenvalue weighted by molar-refractivity contribution is 7.09. The minimum Gasteiger partial charge on any atom is -0.389 e. The second-order valence-electron chi connectivity index (χ2n) is 5.16. The molecule has 1 amide bonds. The maximum atomic E-state index is 12.0. The summed E-state index contributed by atoms with van der Waals surface area (Å²) in [5.74, 6) is -0.180. The lowest BCUT2D eigenvalue weighted by atomic mass is 10.1. The van der Waals surface area contributed by atoms with Crippen molar-refractivity contribution in [2.45, 2.75) is 39.8 Å². The molecule has 6 heteroatoms. The first-order valence-electron chi connectivity index (χ1n) is 5.75. The van der Waals surface area contributed by atoms with E-state index in [0.717, 1.165) is 21.9 Å². The Morgan fingerprint density at radius 2 is 2.00 bits per heavy atom. The van der Waals surface area contributed by atoms with Gasteiger partial charge in [-0.3, -0.25) is 14.2 Å². The van der Waals surface area contributed by atoms with E-state index in [-0.39, 0.29) is 23.9 Å². The van der Waals surface area contributed by atoms with Crippen molar-refractivity contribution in [3.05, 3.63) is 20.2 Å². The van der Waals surface area contributed by atoms with Crippen molar-refractivity contribution in [3.63, 3.8) is 0 Å². The fraction of sp³-hybridized carbons (Fsp3) is 0.667. The van der Waals surface area contributed by atoms with E-state index in [1.54, 1.807) is 20.9 Å². The zero-order valence-corrected chi connectivity index (χ0v) is 12.3. The molecule has 1 rings (SSSR count). The van der Waals surface area contributed by atoms with E-state index in [4.69, 9.17) is 0 Å². The van der Waals surface area contributed by atoms with Crippen molar-refractivity contribution < 1.29 is 9.90 Å². The van der Waals surface area contributed by atoms with Gasteiger partial charge in [-0.05, 0) is 27.7 Å². The van der Waals surface area contributed by atoms with Gasteiger partial charge in [0.05, 0.1) is 5.60 Å². The van der Waals surface area contributed by atoms with E-state index < -0.39 is 5.60 Å². The van der Waals surface area contributed by atoms with Crippen molar-refractivity contribution in [3.8, 4) is 0 Å². The van der Waals surface area contributed by atoms with Crippen LogP contribution in [0.2, 0.25) is 0 Å². The summed E-state index contributed by atoms with van der Waals surface area (Å²) in [6.45, 7) is 7.25. The van der Waals surface area contributed by atoms with Crippen LogP contribution < -0.4 is 4.87 Å². The van der Waals surface area contributed by atoms with Crippen LogP contribution in [0.5, 0.6) is 0 Å². The fourth-order valence-corrected chi connectivity index (χ4v) is 2.53. The zero-order valence-electron chi connectivity index (χ0n) is 11.5. The number of hydrogen-bond donors (Lipinski definition) is 1. The SMILES string of the molecule is Cc1sc(=O)n(CC(=O)N(C)CC(C)(C)O)c1C. The average Bonchev–Trinajstić information content (AvgIpc) is 2.42. The Morgan fingerprint density at radius 1 is 1.44 bits per heavy atom. The van der Waals surface area contributed by atoms with Gasteiger partial charge in [-0.2, -0.15) is 0 Å². The number of likely N-dealkylation sites (N-methyl/N-ethyl adjacent to an activating group) is 1. The highest BCUT2D eigenvalue weighted by Crippen LogP contribution is 2.10. The van der Waals surface area contributed by atoms with Crippen molar-refractivity contribution in [1.29, 1.82) is 0 Å². The van der Waals surface area contributed by atoms with E-state index >= 15 is 0 Å². The first-order valence-corrected chi connectivity index (χ1v) is 6.56. The molecule has 0 atom stereocenters. The molecule has 0 saturated heterocycles. The molecular formula is C12H20N2O3S. The number of hydrogen-bond acceptors (Lipinski definition) is 4. The molecule has 0 aromatic carbocycles. The maximum absolute atomic E-state index is 12.0. The predicted octanol–water partition coefficient (Wildman–Crippen LogP) is 0.756. The van der Waals surface area contributed by atoms with Crippen molar-refractivity contribution >= 4 is 17.2 Å². The summed E-state index contributed by atoms with van der Waals surface area (Å²) in [5.41, 5.74) is -0.107. The number of thiazole rings is 1. The summed E-state index contributed by atoms with van der Waals surface area (Å²) >= 11 is 1.15. The number of rotatable bonds is 4. The molecule has 0 aliphatic heterocycles. The van der Waals surface area contributed by atoms with Crippen LogP contribution in [0, 0.1) is 13.8 Å². The molecule has 1 aromatic rings. The van der Waals surface area contributed by atoms with Gasteiger partial charge in [0.2, 0.25) is 5.91 Å². The van der Waals surface area contributed by atoms with Crippen LogP contribution in [0.15, 0.2) is 4.79 Å². The number of amides is 1. The quantitative estimate of drug-likeness (QED) is 0.880. The lowest BCUT2D eigenvalue weighted by Crippen LogP contribution is -2.41. The largest absolute Gasteiger partial charge is 0.389 e. The molecule has 102 valence electrons. The summed E-state index contributed by atoms with van der Waals surface area (Å²) in [5, 5.41) is 9.66. The van der Waals surface area contributed by atoms with Crippen molar-refractivity contribution in [2.75, 3.05) is 13.6 Å². The van der Waals surface area contributed by atoms with E-state index in [9.17, 15) is 14.7 Å². The molecule has 0 spiro atoms. The van der Waals surface area contributed by atoms with Gasteiger partial charge < -0.3 is 10.0 Å². The standard InChI is InChI=1S/C12H20N2O3S/c1-8-9(2)18-11(16)14(8)6-10(15)13(5)7-12(3,4)17/h17H,6-7H2,1-5H3. The van der Waals surface area contributed by atoms with Crippen LogP contribution in [0.1, 0.15) is 24.4 Å². The zero-order chi connectivity index (χ0) is 14.1. The highest BCUT2D eigenvalue weighted by atomic mass is 32.1. The van der Waals surface area contributed by atoms with Crippen LogP contribution in [-0.2, 0) is 11.3 Å². The van der Waals surface area contributed by atoms with Gasteiger partial charge in [-0.1, -0.05) is 11.3 Å². The summed E-state index contributed by atoms with van der Waals surface area (Å²) < 4.78 is 1.48. The van der Waals surface area contributed by atoms with E-state index in [2.05, 4.69) is 0 Å². The molecule has 18 heavy (non-hydrogen) atoms. The average molecular weight is 272 g/mol. The second kappa shape index (κ2) is 5.24. The van der Waals surface area contributed by atoms with Crippen LogP contribution in [0.4, 0.5) is 0 Å². The lowest BCUT2D eigenvalue weighted by Gasteiger charge is -2.25. The lowest BCUT2D eigenvalue weighted by molar-refractivity contribution is -0.133. The van der Waals surface area contributed by atoms with E-state index in [0.29, 0.717) is 0 Å². The molecule has 0 saturated carbocycles. The number of aliphatic hydroxyl groups is 1. The Hall–Kier alpha value is -1.14. The highest BCUT2D eigenvalue weighted by Gasteiger charge is 2.20. The van der Waals surface area contributed by atoms with Crippen molar-refractivity contribution in [1.82, 2.24) is 9.47 Å². The fourth-order valence-electron chi connectivity index (χ4n) is 1.69. The van der Waals surface area contributed by atoms with Gasteiger partial charge in [0.1, 0.15) is 6.54 Å².